The van der Waals surface area contributed by atoms with Gasteiger partial charge in [0.2, 0.25) is 0 Å². The third kappa shape index (κ3) is 5.10. The molecule has 4 amide bonds. The van der Waals surface area contributed by atoms with Crippen molar-refractivity contribution in [3.8, 4) is 0 Å². The maximum atomic E-state index is 14.0. The van der Waals surface area contributed by atoms with Crippen LogP contribution in [0.5, 0.6) is 0 Å². The van der Waals surface area contributed by atoms with Crippen LogP contribution in [0.4, 0.5) is 13.6 Å². The molecule has 2 fully saturated rings. The Kier molecular flexibility index (Phi) is 7.10. The second kappa shape index (κ2) is 10.6. The molecule has 0 spiro atoms. The van der Waals surface area contributed by atoms with Crippen LogP contribution in [0, 0.1) is 11.6 Å². The summed E-state index contributed by atoms with van der Waals surface area (Å²) in [6.45, 7) is 1.02. The molecule has 0 N–H and O–H groups in total. The fraction of sp³-hybridized carbons (Fsp3) is 0.185. The molecular weight excluding hydrogens is 516 g/mol. The SMILES string of the molecule is O=C(c1ccc(/C=C2\SC(=O)N(Cc3c(F)cccc3F)C2=O)cc1)N1CCN(C(=O)c2ccco2)CC1. The first kappa shape index (κ1) is 25.4. The van der Waals surface area contributed by atoms with E-state index in [1.807, 2.05) is 0 Å². The Hall–Kier alpha value is -4.25. The summed E-state index contributed by atoms with van der Waals surface area (Å²) in [5.41, 5.74) is 0.666. The van der Waals surface area contributed by atoms with E-state index in [0.717, 1.165) is 17.0 Å². The normalized spacial score (nSPS) is 17.0. The lowest BCUT2D eigenvalue weighted by atomic mass is 10.1. The van der Waals surface area contributed by atoms with Gasteiger partial charge in [-0.3, -0.25) is 24.1 Å². The molecule has 2 aliphatic rings. The van der Waals surface area contributed by atoms with Gasteiger partial charge >= 0.3 is 0 Å². The first-order valence-electron chi connectivity index (χ1n) is 11.7. The van der Waals surface area contributed by atoms with Crippen LogP contribution in [0.15, 0.2) is 70.2 Å². The first-order valence-corrected chi connectivity index (χ1v) is 12.5. The summed E-state index contributed by atoms with van der Waals surface area (Å²) >= 11 is 0.682. The fourth-order valence-corrected chi connectivity index (χ4v) is 5.04. The molecule has 11 heteroatoms. The van der Waals surface area contributed by atoms with Gasteiger partial charge in [0.05, 0.1) is 17.7 Å². The molecule has 2 aromatic carbocycles. The average molecular weight is 538 g/mol. The highest BCUT2D eigenvalue weighted by Gasteiger charge is 2.36. The van der Waals surface area contributed by atoms with Gasteiger partial charge in [0.25, 0.3) is 23.0 Å². The van der Waals surface area contributed by atoms with Crippen LogP contribution >= 0.6 is 11.8 Å². The number of rotatable bonds is 5. The molecule has 8 nitrogen and oxygen atoms in total. The van der Waals surface area contributed by atoms with Gasteiger partial charge in [0.1, 0.15) is 11.6 Å². The maximum absolute atomic E-state index is 14.0. The number of furan rings is 1. The summed E-state index contributed by atoms with van der Waals surface area (Å²) in [4.78, 5) is 54.7. The Balaban J connectivity index is 1.21. The van der Waals surface area contributed by atoms with Gasteiger partial charge < -0.3 is 14.2 Å². The topological polar surface area (TPSA) is 91.1 Å². The van der Waals surface area contributed by atoms with E-state index in [1.165, 1.54) is 18.4 Å². The van der Waals surface area contributed by atoms with Crippen LogP contribution in [0.2, 0.25) is 0 Å². The Bertz CT molecular complexity index is 1410. The zero-order valence-electron chi connectivity index (χ0n) is 19.9. The monoisotopic (exact) mass is 537 g/mol. The lowest BCUT2D eigenvalue weighted by Crippen LogP contribution is -2.50. The second-order valence-corrected chi connectivity index (χ2v) is 9.64. The number of carbonyl (C=O) groups excluding carboxylic acids is 4. The minimum atomic E-state index is -0.834. The summed E-state index contributed by atoms with van der Waals surface area (Å²) in [5.74, 6) is -2.45. The summed E-state index contributed by atoms with van der Waals surface area (Å²) in [7, 11) is 0. The molecule has 0 radical (unpaired) electrons. The molecule has 0 atom stereocenters. The molecule has 0 unspecified atom stereocenters. The number of thioether (sulfide) groups is 1. The largest absolute Gasteiger partial charge is 0.459 e. The van der Waals surface area contributed by atoms with Crippen molar-refractivity contribution in [2.75, 3.05) is 26.2 Å². The quantitative estimate of drug-likeness (QED) is 0.449. The van der Waals surface area contributed by atoms with Crippen molar-refractivity contribution in [1.82, 2.24) is 14.7 Å². The summed E-state index contributed by atoms with van der Waals surface area (Å²) in [6, 6.07) is 13.1. The van der Waals surface area contributed by atoms with E-state index in [1.54, 1.807) is 46.2 Å². The van der Waals surface area contributed by atoms with Crippen LogP contribution in [-0.4, -0.2) is 63.8 Å². The molecule has 1 aromatic heterocycles. The Morgan fingerprint density at radius 3 is 2.11 bits per heavy atom. The molecular formula is C27H21F2N3O5S. The lowest BCUT2D eigenvalue weighted by molar-refractivity contribution is -0.123. The number of benzene rings is 2. The molecule has 2 aliphatic heterocycles. The number of hydrogen-bond acceptors (Lipinski definition) is 6. The third-order valence-electron chi connectivity index (χ3n) is 6.29. The zero-order valence-corrected chi connectivity index (χ0v) is 20.7. The van der Waals surface area contributed by atoms with E-state index in [4.69, 9.17) is 4.42 Å². The number of amides is 4. The van der Waals surface area contributed by atoms with E-state index < -0.39 is 29.3 Å². The van der Waals surface area contributed by atoms with Crippen LogP contribution < -0.4 is 0 Å². The Morgan fingerprint density at radius 1 is 0.868 bits per heavy atom. The minimum Gasteiger partial charge on any atom is -0.459 e. The molecule has 2 saturated heterocycles. The number of halogens is 2. The molecule has 38 heavy (non-hydrogen) atoms. The lowest BCUT2D eigenvalue weighted by Gasteiger charge is -2.34. The highest BCUT2D eigenvalue weighted by atomic mass is 32.2. The summed E-state index contributed by atoms with van der Waals surface area (Å²) < 4.78 is 33.1. The molecule has 0 bridgehead atoms. The second-order valence-electron chi connectivity index (χ2n) is 8.65. The first-order chi connectivity index (χ1) is 18.3. The van der Waals surface area contributed by atoms with Crippen molar-refractivity contribution in [1.29, 1.82) is 0 Å². The summed E-state index contributed by atoms with van der Waals surface area (Å²) in [5, 5.41) is -0.625. The number of carbonyl (C=O) groups is 4. The van der Waals surface area contributed by atoms with Crippen LogP contribution in [-0.2, 0) is 11.3 Å². The van der Waals surface area contributed by atoms with Gasteiger partial charge in [-0.15, -0.1) is 0 Å². The van der Waals surface area contributed by atoms with Crippen LogP contribution in [0.1, 0.15) is 32.0 Å². The molecule has 0 saturated carbocycles. The molecule has 0 aliphatic carbocycles. The number of imide groups is 1. The smallest absolute Gasteiger partial charge is 0.293 e. The predicted molar refractivity (Wildman–Crippen MR) is 135 cm³/mol. The molecule has 3 aromatic rings. The van der Waals surface area contributed by atoms with Crippen molar-refractivity contribution < 1.29 is 32.4 Å². The number of nitrogens with zero attached hydrogens (tertiary/aromatic N) is 3. The van der Waals surface area contributed by atoms with Gasteiger partial charge in [-0.2, -0.15) is 0 Å². The maximum Gasteiger partial charge on any atom is 0.293 e. The van der Waals surface area contributed by atoms with Crippen molar-refractivity contribution in [3.05, 3.63) is 99.9 Å². The van der Waals surface area contributed by atoms with E-state index in [9.17, 15) is 28.0 Å². The Morgan fingerprint density at radius 2 is 1.50 bits per heavy atom. The van der Waals surface area contributed by atoms with Crippen molar-refractivity contribution in [2.24, 2.45) is 0 Å². The number of hydrogen-bond donors (Lipinski definition) is 0. The number of piperazine rings is 1. The van der Waals surface area contributed by atoms with Gasteiger partial charge in [0, 0.05) is 37.3 Å². The van der Waals surface area contributed by atoms with Crippen molar-refractivity contribution in [2.45, 2.75) is 6.54 Å². The van der Waals surface area contributed by atoms with E-state index in [2.05, 4.69) is 0 Å². The zero-order chi connectivity index (χ0) is 26.8. The predicted octanol–water partition coefficient (Wildman–Crippen LogP) is 4.39. The van der Waals surface area contributed by atoms with Gasteiger partial charge in [0.15, 0.2) is 5.76 Å². The van der Waals surface area contributed by atoms with E-state index >= 15 is 0 Å². The van der Waals surface area contributed by atoms with Crippen molar-refractivity contribution in [3.63, 3.8) is 0 Å². The van der Waals surface area contributed by atoms with Crippen LogP contribution in [0.3, 0.4) is 0 Å². The fourth-order valence-electron chi connectivity index (χ4n) is 4.20. The average Bonchev–Trinajstić information content (AvgIpc) is 3.55. The molecule has 5 rings (SSSR count). The van der Waals surface area contributed by atoms with Gasteiger partial charge in [-0.1, -0.05) is 18.2 Å². The van der Waals surface area contributed by atoms with E-state index in [-0.39, 0.29) is 28.0 Å². The van der Waals surface area contributed by atoms with Gasteiger partial charge in [-0.25, -0.2) is 8.78 Å². The van der Waals surface area contributed by atoms with E-state index in [0.29, 0.717) is 49.1 Å². The minimum absolute atomic E-state index is 0.114. The van der Waals surface area contributed by atoms with Crippen molar-refractivity contribution >= 4 is 40.8 Å². The third-order valence-corrected chi connectivity index (χ3v) is 7.20. The van der Waals surface area contributed by atoms with Gasteiger partial charge in [-0.05, 0) is 59.8 Å². The standard InChI is InChI=1S/C27H21F2N3O5S/c28-20-3-1-4-21(29)19(20)16-32-26(35)23(38-27(32)36)15-17-6-8-18(9-7-17)24(33)30-10-12-31(13-11-30)25(34)22-5-2-14-37-22/h1-9,14-15H,10-13,16H2/b23-15-. The Labute approximate surface area is 220 Å². The molecule has 194 valence electrons. The summed E-state index contributed by atoms with van der Waals surface area (Å²) in [6.07, 6.45) is 2.94. The van der Waals surface area contributed by atoms with Crippen LogP contribution in [0.25, 0.3) is 6.08 Å². The molecule has 3 heterocycles. The highest BCUT2D eigenvalue weighted by Crippen LogP contribution is 2.34. The highest BCUT2D eigenvalue weighted by molar-refractivity contribution is 8.18.